The fourth-order valence-electron chi connectivity index (χ4n) is 0.460. The molecule has 0 heterocycles. The van der Waals surface area contributed by atoms with Crippen LogP contribution in [0.2, 0.25) is 0 Å². The van der Waals surface area contributed by atoms with E-state index in [2.05, 4.69) is 5.18 Å². The van der Waals surface area contributed by atoms with E-state index in [0.29, 0.717) is 0 Å². The van der Waals surface area contributed by atoms with Crippen molar-refractivity contribution >= 4 is 11.8 Å². The Morgan fingerprint density at radius 2 is 1.91 bits per heavy atom. The summed E-state index contributed by atoms with van der Waals surface area (Å²) in [6, 6.07) is -1.90. The number of aliphatic hydroxyl groups excluding tert-OH is 1. The van der Waals surface area contributed by atoms with E-state index in [1.54, 1.807) is 0 Å². The molecule has 6 nitrogen and oxygen atoms in total. The first-order chi connectivity index (χ1) is 5.00. The number of nitroso groups, excluding NO2 is 1. The number of carbonyl (C=O) groups is 2. The minimum atomic E-state index is -1.90. The molecule has 0 spiro atoms. The summed E-state index contributed by atoms with van der Waals surface area (Å²) in [5, 5.41) is 19.0. The fraction of sp³-hybridized carbons (Fsp3) is 0.600. The average molecular weight is 161 g/mol. The van der Waals surface area contributed by atoms with Gasteiger partial charge in [0.1, 0.15) is 6.10 Å². The number of carboxylic acid groups (broad SMARTS) is 1. The van der Waals surface area contributed by atoms with Crippen molar-refractivity contribution in [2.45, 2.75) is 19.1 Å². The molecular formula is C5H7NO5. The molecule has 2 N–H and O–H groups in total. The van der Waals surface area contributed by atoms with Gasteiger partial charge in [0.15, 0.2) is 5.78 Å². The molecule has 62 valence electrons. The zero-order valence-corrected chi connectivity index (χ0v) is 5.72. The predicted molar refractivity (Wildman–Crippen MR) is 33.9 cm³/mol. The third-order valence-corrected chi connectivity index (χ3v) is 1.08. The van der Waals surface area contributed by atoms with Gasteiger partial charge < -0.3 is 10.2 Å². The second-order valence-electron chi connectivity index (χ2n) is 1.94. The number of carbonyl (C=O) groups excluding carboxylic acids is 1. The van der Waals surface area contributed by atoms with Gasteiger partial charge in [-0.1, -0.05) is 5.18 Å². The minimum absolute atomic E-state index is 0.794. The maximum absolute atomic E-state index is 10.3. The van der Waals surface area contributed by atoms with Crippen molar-refractivity contribution in [1.82, 2.24) is 0 Å². The summed E-state index contributed by atoms with van der Waals surface area (Å²) >= 11 is 0. The Kier molecular flexibility index (Phi) is 3.32. The van der Waals surface area contributed by atoms with Gasteiger partial charge in [0, 0.05) is 0 Å². The standard InChI is InChI=1S/C5H7NO5/c1-2(7)4(8)3(6-11)5(9)10/h3-4,8H,1H3,(H,9,10)/t3-,4+/m1/s1. The Balaban J connectivity index is 4.37. The van der Waals surface area contributed by atoms with E-state index < -0.39 is 23.9 Å². The van der Waals surface area contributed by atoms with Crippen molar-refractivity contribution in [3.8, 4) is 0 Å². The molecule has 0 fully saturated rings. The van der Waals surface area contributed by atoms with Gasteiger partial charge in [-0.2, -0.15) is 0 Å². The minimum Gasteiger partial charge on any atom is -0.479 e. The van der Waals surface area contributed by atoms with Crippen LogP contribution in [0.4, 0.5) is 0 Å². The van der Waals surface area contributed by atoms with Gasteiger partial charge in [-0.05, 0) is 6.92 Å². The molecule has 0 aliphatic heterocycles. The van der Waals surface area contributed by atoms with Crippen LogP contribution in [-0.2, 0) is 9.59 Å². The maximum atomic E-state index is 10.3. The van der Waals surface area contributed by atoms with Gasteiger partial charge in [0.05, 0.1) is 0 Å². The Bertz CT molecular complexity index is 189. The summed E-state index contributed by atoms with van der Waals surface area (Å²) in [4.78, 5) is 30.2. The molecule has 0 unspecified atom stereocenters. The summed E-state index contributed by atoms with van der Waals surface area (Å²) in [5.41, 5.74) is 0. The van der Waals surface area contributed by atoms with Gasteiger partial charge in [0.25, 0.3) is 0 Å². The second kappa shape index (κ2) is 3.77. The quantitative estimate of drug-likeness (QED) is 0.523. The molecule has 0 aromatic rings. The van der Waals surface area contributed by atoms with Crippen LogP contribution in [0.15, 0.2) is 5.18 Å². The topological polar surface area (TPSA) is 104 Å². The lowest BCUT2D eigenvalue weighted by atomic mass is 10.1. The van der Waals surface area contributed by atoms with E-state index >= 15 is 0 Å². The van der Waals surface area contributed by atoms with Crippen LogP contribution < -0.4 is 0 Å². The summed E-state index contributed by atoms with van der Waals surface area (Å²) in [5.74, 6) is -2.40. The fourth-order valence-corrected chi connectivity index (χ4v) is 0.460. The van der Waals surface area contributed by atoms with E-state index in [9.17, 15) is 14.5 Å². The molecule has 6 heteroatoms. The highest BCUT2D eigenvalue weighted by Crippen LogP contribution is 1.99. The average Bonchev–Trinajstić information content (AvgIpc) is 1.88. The van der Waals surface area contributed by atoms with Crippen LogP contribution in [0.1, 0.15) is 6.92 Å². The van der Waals surface area contributed by atoms with Crippen molar-refractivity contribution in [3.05, 3.63) is 4.91 Å². The molecule has 0 aliphatic rings. The lowest BCUT2D eigenvalue weighted by Crippen LogP contribution is -2.36. The van der Waals surface area contributed by atoms with Crippen LogP contribution in [-0.4, -0.2) is 34.1 Å². The summed E-state index contributed by atoms with van der Waals surface area (Å²) in [6.07, 6.45) is -1.84. The zero-order chi connectivity index (χ0) is 9.02. The van der Waals surface area contributed by atoms with Crippen LogP contribution in [0, 0.1) is 4.91 Å². The summed E-state index contributed by atoms with van der Waals surface area (Å²) < 4.78 is 0. The van der Waals surface area contributed by atoms with Crippen molar-refractivity contribution < 1.29 is 19.8 Å². The number of nitrogens with zero attached hydrogens (tertiary/aromatic N) is 1. The first-order valence-corrected chi connectivity index (χ1v) is 2.74. The Hall–Kier alpha value is -1.30. The van der Waals surface area contributed by atoms with E-state index in [4.69, 9.17) is 10.2 Å². The molecule has 0 amide bonds. The molecule has 0 saturated heterocycles. The van der Waals surface area contributed by atoms with Gasteiger partial charge in [-0.3, -0.25) is 4.79 Å². The molecule has 0 aromatic carbocycles. The highest BCUT2D eigenvalue weighted by atomic mass is 16.4. The smallest absolute Gasteiger partial charge is 0.335 e. The summed E-state index contributed by atoms with van der Waals surface area (Å²) in [6.45, 7) is 0.978. The molecule has 0 saturated carbocycles. The molecule has 0 aromatic heterocycles. The molecular weight excluding hydrogens is 154 g/mol. The Labute approximate surface area is 61.8 Å². The third kappa shape index (κ3) is 2.42. The van der Waals surface area contributed by atoms with Gasteiger partial charge in [0.2, 0.25) is 6.04 Å². The Morgan fingerprint density at radius 1 is 1.45 bits per heavy atom. The lowest BCUT2D eigenvalue weighted by molar-refractivity contribution is -0.144. The highest BCUT2D eigenvalue weighted by Gasteiger charge is 2.30. The van der Waals surface area contributed by atoms with Crippen molar-refractivity contribution in [2.75, 3.05) is 0 Å². The van der Waals surface area contributed by atoms with E-state index in [0.717, 1.165) is 6.92 Å². The number of hydrogen-bond acceptors (Lipinski definition) is 5. The number of hydrogen-bond donors (Lipinski definition) is 2. The van der Waals surface area contributed by atoms with Gasteiger partial charge in [-0.25, -0.2) is 4.79 Å². The van der Waals surface area contributed by atoms with Crippen molar-refractivity contribution in [1.29, 1.82) is 0 Å². The molecule has 2 atom stereocenters. The maximum Gasteiger partial charge on any atom is 0.335 e. The number of ketones is 1. The number of aliphatic carboxylic acids is 1. The normalized spacial score (nSPS) is 15.1. The van der Waals surface area contributed by atoms with Crippen LogP contribution in [0.5, 0.6) is 0 Å². The van der Waals surface area contributed by atoms with Crippen molar-refractivity contribution in [2.24, 2.45) is 5.18 Å². The van der Waals surface area contributed by atoms with E-state index in [1.807, 2.05) is 0 Å². The zero-order valence-electron chi connectivity index (χ0n) is 5.72. The monoisotopic (exact) mass is 161 g/mol. The Morgan fingerprint density at radius 3 is 2.00 bits per heavy atom. The first-order valence-electron chi connectivity index (χ1n) is 2.74. The van der Waals surface area contributed by atoms with Crippen LogP contribution in [0.25, 0.3) is 0 Å². The molecule has 0 radical (unpaired) electrons. The van der Waals surface area contributed by atoms with Crippen LogP contribution in [0.3, 0.4) is 0 Å². The SMILES string of the molecule is CC(=O)[C@H](O)[C@@H](N=O)C(=O)O. The number of aliphatic hydroxyl groups is 1. The molecule has 0 bridgehead atoms. The van der Waals surface area contributed by atoms with Gasteiger partial charge >= 0.3 is 5.97 Å². The number of carboxylic acids is 1. The molecule has 11 heavy (non-hydrogen) atoms. The molecule has 0 rings (SSSR count). The summed E-state index contributed by atoms with van der Waals surface area (Å²) in [7, 11) is 0. The first kappa shape index (κ1) is 9.70. The second-order valence-corrected chi connectivity index (χ2v) is 1.94. The lowest BCUT2D eigenvalue weighted by Gasteiger charge is -2.07. The highest BCUT2D eigenvalue weighted by molar-refractivity contribution is 5.88. The van der Waals surface area contributed by atoms with Gasteiger partial charge in [-0.15, -0.1) is 4.91 Å². The molecule has 0 aliphatic carbocycles. The van der Waals surface area contributed by atoms with E-state index in [-0.39, 0.29) is 0 Å². The largest absolute Gasteiger partial charge is 0.479 e. The number of Topliss-reactive ketones (excluding diaryl/α,β-unsaturated/α-hetero) is 1. The third-order valence-electron chi connectivity index (χ3n) is 1.08. The number of rotatable bonds is 4. The van der Waals surface area contributed by atoms with Crippen molar-refractivity contribution in [3.63, 3.8) is 0 Å². The predicted octanol–water partition coefficient (Wildman–Crippen LogP) is -0.844. The van der Waals surface area contributed by atoms with Crippen LogP contribution >= 0.6 is 0 Å². The van der Waals surface area contributed by atoms with E-state index in [1.165, 1.54) is 0 Å².